The lowest BCUT2D eigenvalue weighted by Gasteiger charge is -2.31. The van der Waals surface area contributed by atoms with Gasteiger partial charge in [-0.2, -0.15) is 0 Å². The number of para-hydroxylation sites is 2. The molecule has 1 aliphatic heterocycles. The largest absolute Gasteiger partial charge is 0.495 e. The normalized spacial score (nSPS) is 14.5. The fraction of sp³-hybridized carbons (Fsp3) is 0.179. The average molecular weight is 533 g/mol. The second kappa shape index (κ2) is 10.1. The SMILES string of the molecule is COC(=O)c1ccc([C@@H]2C(C(=O)Nc3cc(OC)c(Cl)cc3OC)=C(C)Nc3nc4ccccc4n32)cc1. The van der Waals surface area contributed by atoms with E-state index in [4.69, 9.17) is 30.8 Å². The Kier molecular flexibility index (Phi) is 6.69. The number of nitrogens with one attached hydrogen (secondary N) is 2. The molecule has 4 aromatic rings. The molecule has 2 heterocycles. The van der Waals surface area contributed by atoms with Gasteiger partial charge in [-0.15, -0.1) is 0 Å². The lowest BCUT2D eigenvalue weighted by Crippen LogP contribution is -2.31. The Morgan fingerprint density at radius 2 is 1.71 bits per heavy atom. The summed E-state index contributed by atoms with van der Waals surface area (Å²) < 4.78 is 17.6. The quantitative estimate of drug-likeness (QED) is 0.319. The summed E-state index contributed by atoms with van der Waals surface area (Å²) in [6.45, 7) is 1.83. The summed E-state index contributed by atoms with van der Waals surface area (Å²) in [5.74, 6) is 0.590. The molecule has 1 aromatic heterocycles. The van der Waals surface area contributed by atoms with Crippen molar-refractivity contribution in [3.8, 4) is 11.5 Å². The van der Waals surface area contributed by atoms with Crippen LogP contribution in [-0.2, 0) is 9.53 Å². The van der Waals surface area contributed by atoms with E-state index in [-0.39, 0.29) is 5.91 Å². The number of methoxy groups -OCH3 is 3. The number of allylic oxidation sites excluding steroid dienone is 1. The van der Waals surface area contributed by atoms with Crippen molar-refractivity contribution in [3.63, 3.8) is 0 Å². The first-order chi connectivity index (χ1) is 18.4. The summed E-state index contributed by atoms with van der Waals surface area (Å²) in [6.07, 6.45) is 0. The topological polar surface area (TPSA) is 104 Å². The van der Waals surface area contributed by atoms with Crippen LogP contribution in [0.3, 0.4) is 0 Å². The fourth-order valence-corrected chi connectivity index (χ4v) is 4.87. The smallest absolute Gasteiger partial charge is 0.337 e. The van der Waals surface area contributed by atoms with E-state index in [9.17, 15) is 9.59 Å². The zero-order valence-corrected chi connectivity index (χ0v) is 21.9. The van der Waals surface area contributed by atoms with Crippen LogP contribution in [0.1, 0.15) is 28.9 Å². The van der Waals surface area contributed by atoms with Crippen LogP contribution in [-0.4, -0.2) is 42.8 Å². The zero-order chi connectivity index (χ0) is 27.0. The van der Waals surface area contributed by atoms with E-state index in [1.54, 1.807) is 24.3 Å². The molecule has 10 heteroatoms. The number of hydrogen-bond acceptors (Lipinski definition) is 7. The lowest BCUT2D eigenvalue weighted by molar-refractivity contribution is -0.113. The number of halogens is 1. The number of rotatable bonds is 6. The fourth-order valence-electron chi connectivity index (χ4n) is 4.64. The highest BCUT2D eigenvalue weighted by Gasteiger charge is 2.34. The zero-order valence-electron chi connectivity index (χ0n) is 21.2. The number of ether oxygens (including phenoxy) is 3. The van der Waals surface area contributed by atoms with Gasteiger partial charge in [-0.25, -0.2) is 9.78 Å². The maximum absolute atomic E-state index is 14.0. The van der Waals surface area contributed by atoms with Crippen molar-refractivity contribution in [2.45, 2.75) is 13.0 Å². The molecule has 1 aliphatic rings. The van der Waals surface area contributed by atoms with Gasteiger partial charge in [-0.05, 0) is 36.8 Å². The molecule has 5 rings (SSSR count). The highest BCUT2D eigenvalue weighted by molar-refractivity contribution is 6.32. The minimum atomic E-state index is -0.550. The second-order valence-corrected chi connectivity index (χ2v) is 9.02. The third-order valence-corrected chi connectivity index (χ3v) is 6.74. The molecule has 0 unspecified atom stereocenters. The molecule has 9 nitrogen and oxygen atoms in total. The molecule has 0 saturated heterocycles. The number of hydrogen-bond donors (Lipinski definition) is 2. The van der Waals surface area contributed by atoms with Gasteiger partial charge in [-0.1, -0.05) is 35.9 Å². The van der Waals surface area contributed by atoms with Gasteiger partial charge in [0, 0.05) is 17.8 Å². The van der Waals surface area contributed by atoms with Crippen LogP contribution in [0.4, 0.5) is 11.6 Å². The van der Waals surface area contributed by atoms with Crippen molar-refractivity contribution < 1.29 is 23.8 Å². The van der Waals surface area contributed by atoms with Crippen LogP contribution in [0.2, 0.25) is 5.02 Å². The number of nitrogens with zero attached hydrogens (tertiary/aromatic N) is 2. The van der Waals surface area contributed by atoms with Crippen molar-refractivity contribution in [2.24, 2.45) is 0 Å². The highest BCUT2D eigenvalue weighted by Crippen LogP contribution is 2.41. The first kappa shape index (κ1) is 25.2. The number of benzene rings is 3. The van der Waals surface area contributed by atoms with E-state index in [0.717, 1.165) is 16.6 Å². The van der Waals surface area contributed by atoms with Crippen LogP contribution in [0.25, 0.3) is 11.0 Å². The predicted octanol–water partition coefficient (Wildman–Crippen LogP) is 5.42. The molecule has 0 aliphatic carbocycles. The Balaban J connectivity index is 1.63. The Bertz CT molecular complexity index is 1590. The van der Waals surface area contributed by atoms with Crippen molar-refractivity contribution in [1.82, 2.24) is 9.55 Å². The highest BCUT2D eigenvalue weighted by atomic mass is 35.5. The van der Waals surface area contributed by atoms with Gasteiger partial charge in [0.1, 0.15) is 11.5 Å². The van der Waals surface area contributed by atoms with Crippen molar-refractivity contribution >= 4 is 46.1 Å². The maximum Gasteiger partial charge on any atom is 0.337 e. The molecule has 38 heavy (non-hydrogen) atoms. The maximum atomic E-state index is 14.0. The molecule has 0 fully saturated rings. The number of aromatic nitrogens is 2. The van der Waals surface area contributed by atoms with Crippen molar-refractivity contribution in [1.29, 1.82) is 0 Å². The summed E-state index contributed by atoms with van der Waals surface area (Å²) in [5.41, 5.74) is 4.32. The summed E-state index contributed by atoms with van der Waals surface area (Å²) >= 11 is 6.26. The molecular formula is C28H25ClN4O5. The Hall–Kier alpha value is -4.50. The summed E-state index contributed by atoms with van der Waals surface area (Å²) in [7, 11) is 4.33. The average Bonchev–Trinajstić information content (AvgIpc) is 3.30. The molecule has 2 N–H and O–H groups in total. The minimum absolute atomic E-state index is 0.357. The first-order valence-corrected chi connectivity index (χ1v) is 12.1. The number of anilines is 2. The lowest BCUT2D eigenvalue weighted by atomic mass is 9.93. The standard InChI is InChI=1S/C28H25ClN4O5/c1-15-24(26(34)31-20-14-22(36-2)18(29)13-23(20)37-3)25(16-9-11-17(12-10-16)27(35)38-4)33-21-8-6-5-7-19(21)32-28(33)30-15/h5-14,25H,1-4H3,(H,30,32)(H,31,34)/t25-/m1/s1. The van der Waals surface area contributed by atoms with Crippen molar-refractivity contribution in [3.05, 3.63) is 88.1 Å². The number of carbonyl (C=O) groups excluding carboxylic acids is 2. The monoisotopic (exact) mass is 532 g/mol. The summed E-state index contributed by atoms with van der Waals surface area (Å²) in [5, 5.41) is 6.61. The Morgan fingerprint density at radius 3 is 2.39 bits per heavy atom. The van der Waals surface area contributed by atoms with Gasteiger partial charge in [0.15, 0.2) is 0 Å². The van der Waals surface area contributed by atoms with E-state index in [1.165, 1.54) is 21.3 Å². The number of carbonyl (C=O) groups is 2. The van der Waals surface area contributed by atoms with E-state index in [0.29, 0.717) is 45.0 Å². The van der Waals surface area contributed by atoms with Gasteiger partial charge in [-0.3, -0.25) is 9.36 Å². The number of amides is 1. The second-order valence-electron chi connectivity index (χ2n) is 8.62. The molecule has 0 bridgehead atoms. The number of fused-ring (bicyclic) bond motifs is 3. The molecule has 0 saturated carbocycles. The van der Waals surface area contributed by atoms with Gasteiger partial charge >= 0.3 is 5.97 Å². The van der Waals surface area contributed by atoms with E-state index >= 15 is 0 Å². The van der Waals surface area contributed by atoms with E-state index in [2.05, 4.69) is 10.6 Å². The Labute approximate surface area is 224 Å². The summed E-state index contributed by atoms with van der Waals surface area (Å²) in [4.78, 5) is 30.7. The van der Waals surface area contributed by atoms with Crippen LogP contribution in [0.5, 0.6) is 11.5 Å². The molecule has 3 aromatic carbocycles. The number of imidazole rings is 1. The van der Waals surface area contributed by atoms with Crippen LogP contribution in [0.15, 0.2) is 71.9 Å². The van der Waals surface area contributed by atoms with Crippen LogP contribution in [0, 0.1) is 0 Å². The van der Waals surface area contributed by atoms with Gasteiger partial charge < -0.3 is 24.8 Å². The first-order valence-electron chi connectivity index (χ1n) is 11.7. The molecule has 1 amide bonds. The van der Waals surface area contributed by atoms with E-state index in [1.807, 2.05) is 47.9 Å². The van der Waals surface area contributed by atoms with Gasteiger partial charge in [0.05, 0.1) is 60.3 Å². The molecule has 0 radical (unpaired) electrons. The van der Waals surface area contributed by atoms with Crippen LogP contribution < -0.4 is 20.1 Å². The van der Waals surface area contributed by atoms with Crippen molar-refractivity contribution in [2.75, 3.05) is 32.0 Å². The Morgan fingerprint density at radius 1 is 1.00 bits per heavy atom. The van der Waals surface area contributed by atoms with Crippen LogP contribution >= 0.6 is 11.6 Å². The predicted molar refractivity (Wildman–Crippen MR) is 145 cm³/mol. The third-order valence-electron chi connectivity index (χ3n) is 6.45. The molecule has 1 atom stereocenters. The summed E-state index contributed by atoms with van der Waals surface area (Å²) in [6, 6.07) is 17.3. The van der Waals surface area contributed by atoms with Gasteiger partial charge in [0.25, 0.3) is 5.91 Å². The third kappa shape index (κ3) is 4.31. The molecular weight excluding hydrogens is 508 g/mol. The molecule has 194 valence electrons. The van der Waals surface area contributed by atoms with Gasteiger partial charge in [0.2, 0.25) is 5.95 Å². The van der Waals surface area contributed by atoms with E-state index < -0.39 is 12.0 Å². The molecule has 0 spiro atoms. The number of esters is 1. The minimum Gasteiger partial charge on any atom is -0.495 e.